The first-order chi connectivity index (χ1) is 15.8. The van der Waals surface area contributed by atoms with E-state index >= 15 is 0 Å². The third-order valence-corrected chi connectivity index (χ3v) is 7.71. The van der Waals surface area contributed by atoms with E-state index < -0.39 is 5.97 Å². The van der Waals surface area contributed by atoms with Crippen LogP contribution in [0.4, 0.5) is 0 Å². The van der Waals surface area contributed by atoms with E-state index in [4.69, 9.17) is 15.5 Å². The average Bonchev–Trinajstić information content (AvgIpc) is 3.42. The van der Waals surface area contributed by atoms with Crippen LogP contribution >= 0.6 is 0 Å². The van der Waals surface area contributed by atoms with Crippen LogP contribution in [0.1, 0.15) is 40.0 Å². The normalized spacial score (nSPS) is 19.8. The molecule has 2 fully saturated rings. The Labute approximate surface area is 191 Å². The van der Waals surface area contributed by atoms with Crippen LogP contribution in [-0.4, -0.2) is 63.7 Å². The number of nitrogens with two attached hydrogens (primary N) is 1. The number of aromatic nitrogens is 3. The number of carbonyl (C=O) groups is 1. The lowest BCUT2D eigenvalue weighted by molar-refractivity contribution is 0.0540. The van der Waals surface area contributed by atoms with Crippen molar-refractivity contribution in [3.8, 4) is 28.5 Å². The summed E-state index contributed by atoms with van der Waals surface area (Å²) in [5.41, 5.74) is 11.5. The molecule has 1 aromatic carbocycles. The summed E-state index contributed by atoms with van der Waals surface area (Å²) in [6, 6.07) is 7.62. The van der Waals surface area contributed by atoms with Gasteiger partial charge < -0.3 is 25.5 Å². The highest BCUT2D eigenvalue weighted by Crippen LogP contribution is 2.55. The summed E-state index contributed by atoms with van der Waals surface area (Å²) in [5.74, 6) is 0.479. The summed E-state index contributed by atoms with van der Waals surface area (Å²) in [7, 11) is 3.69. The number of ether oxygens (including phenoxy) is 1. The molecule has 2 aliphatic carbocycles. The van der Waals surface area contributed by atoms with Gasteiger partial charge >= 0.3 is 5.97 Å². The first-order valence-corrected chi connectivity index (χ1v) is 11.3. The van der Waals surface area contributed by atoms with Gasteiger partial charge in [0.2, 0.25) is 0 Å². The number of carboxylic acid groups (broad SMARTS) is 1. The van der Waals surface area contributed by atoms with Crippen LogP contribution in [0.25, 0.3) is 22.8 Å². The van der Waals surface area contributed by atoms with Gasteiger partial charge in [-0.25, -0.2) is 14.8 Å². The monoisotopic (exact) mass is 445 g/mol. The van der Waals surface area contributed by atoms with Gasteiger partial charge in [-0.15, -0.1) is 0 Å². The minimum atomic E-state index is -0.895. The summed E-state index contributed by atoms with van der Waals surface area (Å²) in [6.45, 7) is 1.52. The zero-order chi connectivity index (χ0) is 23.0. The Hall–Kier alpha value is -3.23. The molecule has 8 heteroatoms. The van der Waals surface area contributed by atoms with E-state index in [0.29, 0.717) is 24.2 Å². The molecule has 0 radical (unpaired) electrons. The molecule has 6 rings (SSSR count). The van der Waals surface area contributed by atoms with Crippen molar-refractivity contribution in [1.82, 2.24) is 19.9 Å². The van der Waals surface area contributed by atoms with Crippen molar-refractivity contribution in [3.63, 3.8) is 0 Å². The number of nitrogens with one attached hydrogen (secondary N) is 1. The van der Waals surface area contributed by atoms with Gasteiger partial charge in [0.05, 0.1) is 29.5 Å². The molecule has 0 amide bonds. The molecule has 0 bridgehead atoms. The number of hydrogen-bond donors (Lipinski definition) is 3. The Balaban J connectivity index is 1.50. The molecule has 0 spiro atoms. The molecule has 8 nitrogen and oxygen atoms in total. The number of likely N-dealkylation sites (N-methyl/N-ethyl adjacent to an activating group) is 1. The number of likely N-dealkylation sites (tertiary alicyclic amines) is 1. The van der Waals surface area contributed by atoms with Crippen LogP contribution in [-0.2, 0) is 18.3 Å². The van der Waals surface area contributed by atoms with Gasteiger partial charge in [0.25, 0.3) is 0 Å². The van der Waals surface area contributed by atoms with Crippen molar-refractivity contribution in [2.75, 3.05) is 27.2 Å². The third kappa shape index (κ3) is 2.87. The zero-order valence-corrected chi connectivity index (χ0v) is 18.8. The first-order valence-electron chi connectivity index (χ1n) is 11.3. The quantitative estimate of drug-likeness (QED) is 0.553. The Morgan fingerprint density at radius 3 is 2.55 bits per heavy atom. The Bertz CT molecular complexity index is 1270. The van der Waals surface area contributed by atoms with Crippen molar-refractivity contribution in [3.05, 3.63) is 52.8 Å². The van der Waals surface area contributed by atoms with E-state index in [1.807, 2.05) is 30.5 Å². The van der Waals surface area contributed by atoms with Gasteiger partial charge in [-0.2, -0.15) is 0 Å². The van der Waals surface area contributed by atoms with Gasteiger partial charge in [-0.3, -0.25) is 0 Å². The molecule has 3 aromatic rings. The van der Waals surface area contributed by atoms with Crippen LogP contribution in [0.3, 0.4) is 0 Å². The summed E-state index contributed by atoms with van der Waals surface area (Å²) in [5, 5.41) is 10.3. The first kappa shape index (κ1) is 20.4. The fraction of sp³-hybridized carbons (Fsp3) is 0.400. The molecule has 0 atom stereocenters. The smallest absolute Gasteiger partial charge is 0.337 e. The highest BCUT2D eigenvalue weighted by Gasteiger charge is 2.64. The zero-order valence-electron chi connectivity index (χ0n) is 18.8. The van der Waals surface area contributed by atoms with Gasteiger partial charge in [-0.1, -0.05) is 0 Å². The molecule has 33 heavy (non-hydrogen) atoms. The highest BCUT2D eigenvalue weighted by molar-refractivity contribution is 5.95. The number of nitrogens with zero attached hydrogens (tertiary/aromatic N) is 3. The summed E-state index contributed by atoms with van der Waals surface area (Å²) >= 11 is 0. The number of aryl methyl sites for hydroxylation is 1. The lowest BCUT2D eigenvalue weighted by Crippen LogP contribution is -2.68. The van der Waals surface area contributed by atoms with Gasteiger partial charge in [0.1, 0.15) is 5.75 Å². The Morgan fingerprint density at radius 2 is 1.94 bits per heavy atom. The van der Waals surface area contributed by atoms with E-state index in [-0.39, 0.29) is 11.0 Å². The predicted octanol–water partition coefficient (Wildman–Crippen LogP) is 2.62. The van der Waals surface area contributed by atoms with Crippen molar-refractivity contribution in [1.29, 1.82) is 0 Å². The van der Waals surface area contributed by atoms with Crippen LogP contribution in [0.15, 0.2) is 30.5 Å². The molecule has 3 aliphatic rings. The number of benzene rings is 1. The molecular weight excluding hydrogens is 418 g/mol. The SMILES string of the molecule is COc1ccc(-c2ncc3c(n2)-c2[nH]c(C4(C5(N)CC5)CN(C)C4)c(C(=O)O)c2CC3)cc1. The van der Waals surface area contributed by atoms with E-state index in [2.05, 4.69) is 21.9 Å². The van der Waals surface area contributed by atoms with E-state index in [1.54, 1.807) is 7.11 Å². The van der Waals surface area contributed by atoms with Crippen LogP contribution < -0.4 is 10.5 Å². The standard InChI is InChI=1S/C25H27N5O3/c1-30-12-24(13-30,25(26)9-10-25)21-18(23(31)32)17-8-5-15-11-27-22(29-19(15)20(17)28-21)14-3-6-16(33-2)7-4-14/h3-4,6-7,11,28H,5,8-10,12-13,26H2,1-2H3,(H,31,32). The van der Waals surface area contributed by atoms with Gasteiger partial charge in [0.15, 0.2) is 5.82 Å². The maximum Gasteiger partial charge on any atom is 0.337 e. The van der Waals surface area contributed by atoms with Crippen LogP contribution in [0.2, 0.25) is 0 Å². The maximum absolute atomic E-state index is 12.5. The Morgan fingerprint density at radius 1 is 1.21 bits per heavy atom. The third-order valence-electron chi connectivity index (χ3n) is 7.71. The van der Waals surface area contributed by atoms with Gasteiger partial charge in [-0.05, 0) is 68.1 Å². The van der Waals surface area contributed by atoms with Gasteiger partial charge in [0, 0.05) is 36.1 Å². The average molecular weight is 446 g/mol. The number of fused-ring (bicyclic) bond motifs is 3. The largest absolute Gasteiger partial charge is 0.497 e. The van der Waals surface area contributed by atoms with Crippen LogP contribution in [0.5, 0.6) is 5.75 Å². The van der Waals surface area contributed by atoms with E-state index in [0.717, 1.165) is 65.5 Å². The number of rotatable bonds is 5. The van der Waals surface area contributed by atoms with Crippen molar-refractivity contribution in [2.24, 2.45) is 5.73 Å². The Kier molecular flexibility index (Phi) is 4.25. The molecule has 1 aliphatic heterocycles. The minimum absolute atomic E-state index is 0.347. The summed E-state index contributed by atoms with van der Waals surface area (Å²) in [6.07, 6.45) is 5.07. The van der Waals surface area contributed by atoms with E-state index in [9.17, 15) is 9.90 Å². The minimum Gasteiger partial charge on any atom is -0.497 e. The molecule has 4 N–H and O–H groups in total. The molecule has 3 heterocycles. The number of carboxylic acids is 1. The number of hydrogen-bond acceptors (Lipinski definition) is 6. The second-order valence-electron chi connectivity index (χ2n) is 9.74. The predicted molar refractivity (Wildman–Crippen MR) is 124 cm³/mol. The lowest BCUT2D eigenvalue weighted by atomic mass is 9.68. The van der Waals surface area contributed by atoms with Crippen LogP contribution in [0, 0.1) is 0 Å². The number of H-pyrrole nitrogens is 1. The van der Waals surface area contributed by atoms with E-state index in [1.165, 1.54) is 0 Å². The number of aromatic amines is 1. The second kappa shape index (κ2) is 6.88. The maximum atomic E-state index is 12.5. The number of methoxy groups -OCH3 is 1. The molecule has 2 aromatic heterocycles. The summed E-state index contributed by atoms with van der Waals surface area (Å²) in [4.78, 5) is 27.7. The van der Waals surface area contributed by atoms with Crippen molar-refractivity contribution >= 4 is 5.97 Å². The molecule has 170 valence electrons. The molecule has 0 unspecified atom stereocenters. The van der Waals surface area contributed by atoms with Crippen molar-refractivity contribution in [2.45, 2.75) is 36.6 Å². The summed E-state index contributed by atoms with van der Waals surface area (Å²) < 4.78 is 5.25. The highest BCUT2D eigenvalue weighted by atomic mass is 16.5. The topological polar surface area (TPSA) is 117 Å². The number of aromatic carboxylic acids is 1. The molecule has 1 saturated heterocycles. The lowest BCUT2D eigenvalue weighted by Gasteiger charge is -2.52. The molecular formula is C25H27N5O3. The second-order valence-corrected chi connectivity index (χ2v) is 9.74. The fourth-order valence-corrected chi connectivity index (χ4v) is 5.74. The fourth-order valence-electron chi connectivity index (χ4n) is 5.74. The molecule has 1 saturated carbocycles. The van der Waals surface area contributed by atoms with Crippen molar-refractivity contribution < 1.29 is 14.6 Å².